The predicted molar refractivity (Wildman–Crippen MR) is 150 cm³/mol. The van der Waals surface area contributed by atoms with Gasteiger partial charge in [-0.2, -0.15) is 0 Å². The van der Waals surface area contributed by atoms with Crippen LogP contribution in [0.3, 0.4) is 0 Å². The molecule has 3 rings (SSSR count). The first kappa shape index (κ1) is 31.1. The predicted octanol–water partition coefficient (Wildman–Crippen LogP) is 3.87. The summed E-state index contributed by atoms with van der Waals surface area (Å²) in [6.45, 7) is 18.4. The van der Waals surface area contributed by atoms with Crippen molar-refractivity contribution < 1.29 is 28.4 Å². The van der Waals surface area contributed by atoms with Crippen molar-refractivity contribution in [3.63, 3.8) is 0 Å². The minimum Gasteiger partial charge on any atom is -0.463 e. The smallest absolute Gasteiger partial charge is 0.463 e. The van der Waals surface area contributed by atoms with Gasteiger partial charge in [0.15, 0.2) is 0 Å². The lowest BCUT2D eigenvalue weighted by atomic mass is 9.81. The number of rotatable bonds is 9. The largest absolute Gasteiger partial charge is 0.498 e. The molecular weight excluding hydrogens is 499 g/mol. The molecule has 2 atom stereocenters. The van der Waals surface area contributed by atoms with E-state index in [2.05, 4.69) is 15.3 Å². The average Bonchev–Trinajstić information content (AvgIpc) is 3.06. The number of piperidine rings is 1. The van der Waals surface area contributed by atoms with Crippen molar-refractivity contribution in [3.8, 4) is 6.01 Å². The van der Waals surface area contributed by atoms with E-state index in [1.54, 1.807) is 33.2 Å². The normalized spacial score (nSPS) is 21.5. The second-order valence-electron chi connectivity index (χ2n) is 12.9. The zero-order chi connectivity index (χ0) is 29.0. The number of hydrogen-bond donors (Lipinski definition) is 1. The van der Waals surface area contributed by atoms with Crippen LogP contribution < -0.4 is 15.5 Å². The third kappa shape index (κ3) is 8.30. The molecule has 2 aliphatic heterocycles. The highest BCUT2D eigenvalue weighted by molar-refractivity contribution is 6.61. The molecule has 0 spiro atoms. The first-order valence-corrected chi connectivity index (χ1v) is 14.2. The number of carbonyl (C=O) groups is 2. The maximum atomic E-state index is 13.5. The van der Waals surface area contributed by atoms with Crippen LogP contribution >= 0.6 is 0 Å². The second-order valence-corrected chi connectivity index (χ2v) is 12.9. The molecule has 0 bridgehead atoms. The van der Waals surface area contributed by atoms with Gasteiger partial charge in [-0.05, 0) is 86.5 Å². The molecule has 2 amide bonds. The fraction of sp³-hybridized carbons (Fsp3) is 0.786. The fourth-order valence-electron chi connectivity index (χ4n) is 4.70. The Kier molecular flexibility index (Phi) is 9.91. The Balaban J connectivity index is 1.51. The Labute approximate surface area is 234 Å². The van der Waals surface area contributed by atoms with Crippen LogP contribution in [-0.2, 0) is 18.8 Å². The van der Waals surface area contributed by atoms with E-state index in [0.717, 1.165) is 37.6 Å². The summed E-state index contributed by atoms with van der Waals surface area (Å²) in [4.78, 5) is 36.5. The summed E-state index contributed by atoms with van der Waals surface area (Å²) in [5.41, 5.74) is -0.736. The van der Waals surface area contributed by atoms with E-state index >= 15 is 0 Å². The van der Waals surface area contributed by atoms with Gasteiger partial charge in [0.25, 0.3) is 0 Å². The first-order chi connectivity index (χ1) is 18.1. The maximum Gasteiger partial charge on any atom is 0.498 e. The number of amides is 2. The fourth-order valence-corrected chi connectivity index (χ4v) is 4.70. The highest BCUT2D eigenvalue weighted by Crippen LogP contribution is 2.36. The summed E-state index contributed by atoms with van der Waals surface area (Å²) in [6, 6.07) is -0.232. The Morgan fingerprint density at radius 3 is 2.31 bits per heavy atom. The molecule has 0 unspecified atom stereocenters. The quantitative estimate of drug-likeness (QED) is 0.367. The molecule has 0 aliphatic carbocycles. The summed E-state index contributed by atoms with van der Waals surface area (Å²) in [5, 5.41) is 2.80. The van der Waals surface area contributed by atoms with Crippen LogP contribution in [0.25, 0.3) is 0 Å². The number of nitrogens with one attached hydrogen (secondary N) is 1. The van der Waals surface area contributed by atoms with Crippen molar-refractivity contribution in [3.05, 3.63) is 12.4 Å². The lowest BCUT2D eigenvalue weighted by Crippen LogP contribution is -2.55. The van der Waals surface area contributed by atoms with Gasteiger partial charge in [-0.1, -0.05) is 13.8 Å². The van der Waals surface area contributed by atoms with Gasteiger partial charge in [-0.15, -0.1) is 0 Å². The molecule has 218 valence electrons. The van der Waals surface area contributed by atoms with E-state index in [0.29, 0.717) is 19.2 Å². The Bertz CT molecular complexity index is 963. The van der Waals surface area contributed by atoms with Crippen LogP contribution in [0.1, 0.15) is 94.4 Å². The number of carbonyl (C=O) groups excluding carboxylic acids is 2. The monoisotopic (exact) mass is 546 g/mol. The third-order valence-electron chi connectivity index (χ3n) is 7.60. The molecule has 0 aromatic carbocycles. The summed E-state index contributed by atoms with van der Waals surface area (Å²) in [7, 11) is -0.515. The molecule has 0 saturated carbocycles. The molecule has 10 nitrogen and oxygen atoms in total. The minimum atomic E-state index is -0.632. The van der Waals surface area contributed by atoms with Gasteiger partial charge >= 0.3 is 19.2 Å². The number of ether oxygens (including phenoxy) is 2. The van der Waals surface area contributed by atoms with E-state index in [-0.39, 0.29) is 17.9 Å². The van der Waals surface area contributed by atoms with Gasteiger partial charge in [0.2, 0.25) is 5.91 Å². The van der Waals surface area contributed by atoms with Crippen molar-refractivity contribution >= 4 is 24.6 Å². The first-order valence-electron chi connectivity index (χ1n) is 14.2. The van der Waals surface area contributed by atoms with Crippen LogP contribution in [0.4, 0.5) is 4.79 Å². The van der Waals surface area contributed by atoms with Gasteiger partial charge in [-0.3, -0.25) is 4.79 Å². The molecular formula is C28H47BN4O6. The molecule has 2 aliphatic rings. The van der Waals surface area contributed by atoms with Crippen LogP contribution in [0, 0.1) is 5.92 Å². The molecule has 1 aromatic rings. The van der Waals surface area contributed by atoms with E-state index in [4.69, 9.17) is 18.8 Å². The van der Waals surface area contributed by atoms with Crippen molar-refractivity contribution in [2.24, 2.45) is 5.92 Å². The standard InChI is InChI=1S/C28H47BN4O6/c1-19(2)22(32-25(35)37-26(3,4)5)23(34)33-15-11-10-13-21(33)14-12-16-36-24-30-17-20(18-31-24)29-38-27(6,7)28(8,9)39-29/h17-19,21-22H,10-16H2,1-9H3,(H,32,35)/t21-,22-/m0/s1. The molecule has 2 fully saturated rings. The molecule has 1 N–H and O–H groups in total. The van der Waals surface area contributed by atoms with Gasteiger partial charge in [0.05, 0.1) is 17.8 Å². The maximum absolute atomic E-state index is 13.5. The summed E-state index contributed by atoms with van der Waals surface area (Å²) in [6.07, 6.45) is 7.30. The summed E-state index contributed by atoms with van der Waals surface area (Å²) < 4.78 is 23.3. The van der Waals surface area contributed by atoms with Crippen LogP contribution in [0.15, 0.2) is 12.4 Å². The zero-order valence-electron chi connectivity index (χ0n) is 25.2. The lowest BCUT2D eigenvalue weighted by molar-refractivity contribution is -0.138. The Morgan fingerprint density at radius 1 is 1.13 bits per heavy atom. The van der Waals surface area contributed by atoms with E-state index in [9.17, 15) is 9.59 Å². The molecule has 3 heterocycles. The number of aromatic nitrogens is 2. The highest BCUT2D eigenvalue weighted by atomic mass is 16.7. The second kappa shape index (κ2) is 12.4. The Morgan fingerprint density at radius 2 is 1.74 bits per heavy atom. The topological polar surface area (TPSA) is 112 Å². The number of likely N-dealkylation sites (tertiary alicyclic amines) is 1. The van der Waals surface area contributed by atoms with Crippen LogP contribution in [0.5, 0.6) is 6.01 Å². The molecule has 1 aromatic heterocycles. The van der Waals surface area contributed by atoms with Crippen molar-refractivity contribution in [2.45, 2.75) is 123 Å². The minimum absolute atomic E-state index is 0.0527. The third-order valence-corrected chi connectivity index (χ3v) is 7.60. The van der Waals surface area contributed by atoms with Crippen molar-refractivity contribution in [1.82, 2.24) is 20.2 Å². The van der Waals surface area contributed by atoms with Crippen LogP contribution in [0.2, 0.25) is 0 Å². The number of nitrogens with zero attached hydrogens (tertiary/aromatic N) is 3. The average molecular weight is 547 g/mol. The molecule has 39 heavy (non-hydrogen) atoms. The molecule has 0 radical (unpaired) electrons. The molecule has 2 saturated heterocycles. The summed E-state index contributed by atoms with van der Waals surface area (Å²) in [5.74, 6) is -0.115. The Hall–Kier alpha value is -2.40. The van der Waals surface area contributed by atoms with E-state index in [1.807, 2.05) is 46.4 Å². The van der Waals surface area contributed by atoms with Crippen molar-refractivity contribution in [2.75, 3.05) is 13.2 Å². The van der Waals surface area contributed by atoms with Gasteiger partial charge in [0, 0.05) is 30.4 Å². The van der Waals surface area contributed by atoms with Gasteiger partial charge in [-0.25, -0.2) is 14.8 Å². The summed E-state index contributed by atoms with van der Waals surface area (Å²) >= 11 is 0. The highest BCUT2D eigenvalue weighted by Gasteiger charge is 2.52. The van der Waals surface area contributed by atoms with Gasteiger partial charge < -0.3 is 29.0 Å². The van der Waals surface area contributed by atoms with Crippen molar-refractivity contribution in [1.29, 1.82) is 0 Å². The zero-order valence-corrected chi connectivity index (χ0v) is 25.2. The molecule has 11 heteroatoms. The van der Waals surface area contributed by atoms with E-state index < -0.39 is 36.1 Å². The number of alkyl carbamates (subject to hydrolysis) is 1. The van der Waals surface area contributed by atoms with Crippen LogP contribution in [-0.4, -0.2) is 76.0 Å². The lowest BCUT2D eigenvalue weighted by Gasteiger charge is -2.39. The van der Waals surface area contributed by atoms with Gasteiger partial charge in [0.1, 0.15) is 11.6 Å². The van der Waals surface area contributed by atoms with E-state index in [1.165, 1.54) is 0 Å². The number of hydrogen-bond acceptors (Lipinski definition) is 8. The SMILES string of the molecule is CC(C)[C@H](NC(=O)OC(C)(C)C)C(=O)N1CCCC[C@H]1CCCOc1ncc(B2OC(C)(C)C(C)(C)O2)cn1.